The maximum absolute atomic E-state index is 11.4. The second-order valence-electron chi connectivity index (χ2n) is 10.1. The third-order valence-electron chi connectivity index (χ3n) is 7.51. The minimum atomic E-state index is -0.142. The van der Waals surface area contributed by atoms with E-state index in [1.165, 1.54) is 22.2 Å². The molecule has 1 amide bonds. The van der Waals surface area contributed by atoms with Gasteiger partial charge in [0.25, 0.3) is 0 Å². The third kappa shape index (κ3) is 5.61. The molecule has 3 aliphatic heterocycles. The van der Waals surface area contributed by atoms with Crippen LogP contribution < -0.4 is 11.1 Å². The Hall–Kier alpha value is -2.03. The lowest BCUT2D eigenvalue weighted by Gasteiger charge is -2.30. The van der Waals surface area contributed by atoms with Gasteiger partial charge >= 0.3 is 0 Å². The largest absolute Gasteiger partial charge is 0.383 e. The number of amides is 1. The Morgan fingerprint density at radius 3 is 2.79 bits per heavy atom. The zero-order valence-corrected chi connectivity index (χ0v) is 21.0. The van der Waals surface area contributed by atoms with Crippen LogP contribution >= 0.6 is 11.8 Å². The predicted octanol–water partition coefficient (Wildman–Crippen LogP) is 3.76. The number of thioether (sulfide) groups is 1. The molecule has 2 fully saturated rings. The molecule has 1 aromatic carbocycles. The van der Waals surface area contributed by atoms with Crippen molar-refractivity contribution in [1.82, 2.24) is 9.88 Å². The third-order valence-corrected chi connectivity index (χ3v) is 8.66. The number of nitrogens with zero attached hydrogens (tertiary/aromatic N) is 2. The smallest absolute Gasteiger partial charge is 0.220 e. The van der Waals surface area contributed by atoms with E-state index in [1.807, 2.05) is 11.8 Å². The van der Waals surface area contributed by atoms with Gasteiger partial charge in [0.2, 0.25) is 5.91 Å². The molecule has 1 atom stereocenters. The fraction of sp³-hybridized carbons (Fsp3) is 0.615. The molecule has 0 unspecified atom stereocenters. The Morgan fingerprint density at radius 1 is 1.24 bits per heavy atom. The molecule has 8 heteroatoms. The van der Waals surface area contributed by atoms with Gasteiger partial charge in [0.05, 0.1) is 22.9 Å². The first-order valence-corrected chi connectivity index (χ1v) is 13.7. The number of fused-ring (bicyclic) bond motifs is 1. The molecule has 0 saturated carbocycles. The molecule has 0 radical (unpaired) electrons. The van der Waals surface area contributed by atoms with Gasteiger partial charge < -0.3 is 25.7 Å². The van der Waals surface area contributed by atoms with Gasteiger partial charge in [0.15, 0.2) is 0 Å². The van der Waals surface area contributed by atoms with Crippen LogP contribution in [0.1, 0.15) is 43.4 Å². The lowest BCUT2D eigenvalue weighted by atomic mass is 9.96. The van der Waals surface area contributed by atoms with Crippen molar-refractivity contribution >= 4 is 39.3 Å². The number of aromatic amines is 1. The van der Waals surface area contributed by atoms with Crippen molar-refractivity contribution in [3.05, 3.63) is 29.5 Å². The van der Waals surface area contributed by atoms with Crippen LogP contribution in [0.2, 0.25) is 0 Å². The molecular weight excluding hydrogens is 446 g/mol. The van der Waals surface area contributed by atoms with E-state index in [1.54, 1.807) is 0 Å². The number of H-pyrrole nitrogens is 1. The zero-order valence-electron chi connectivity index (χ0n) is 20.1. The molecule has 0 spiro atoms. The van der Waals surface area contributed by atoms with Crippen LogP contribution in [-0.2, 0) is 9.53 Å². The average molecular weight is 484 g/mol. The molecule has 0 aliphatic carbocycles. The highest BCUT2D eigenvalue weighted by Crippen LogP contribution is 2.31. The van der Waals surface area contributed by atoms with Crippen molar-refractivity contribution in [3.63, 3.8) is 0 Å². The topological polar surface area (TPSA) is 95.7 Å². The highest BCUT2D eigenvalue weighted by molar-refractivity contribution is 8.14. The summed E-state index contributed by atoms with van der Waals surface area (Å²) in [5.74, 6) is 1.63. The Balaban J connectivity index is 1.21. The molecule has 5 rings (SSSR count). The van der Waals surface area contributed by atoms with Crippen LogP contribution in [0.3, 0.4) is 0 Å². The highest BCUT2D eigenvalue weighted by atomic mass is 32.2. The summed E-state index contributed by atoms with van der Waals surface area (Å²) in [6, 6.07) is 7.11. The summed E-state index contributed by atoms with van der Waals surface area (Å²) in [4.78, 5) is 22.6. The molecule has 2 aromatic rings. The SMILES string of the molecule is Cc1cc(NCC2CCOCC2)c2[nH]c(C3=N[C@@H](CCN4CCC(C(N)=O)CC4)CS3)cc2c1. The summed E-state index contributed by atoms with van der Waals surface area (Å²) >= 11 is 1.86. The molecule has 184 valence electrons. The first-order valence-electron chi connectivity index (χ1n) is 12.7. The number of anilines is 1. The van der Waals surface area contributed by atoms with Gasteiger partial charge in [-0.3, -0.25) is 9.79 Å². The summed E-state index contributed by atoms with van der Waals surface area (Å²) in [7, 11) is 0. The summed E-state index contributed by atoms with van der Waals surface area (Å²) in [5, 5.41) is 6.08. The number of carbonyl (C=O) groups excluding carboxylic acids is 1. The number of primary amides is 1. The number of hydrogen-bond acceptors (Lipinski definition) is 6. The van der Waals surface area contributed by atoms with Gasteiger partial charge in [-0.2, -0.15) is 0 Å². The maximum Gasteiger partial charge on any atom is 0.220 e. The van der Waals surface area contributed by atoms with Crippen LogP contribution in [0.15, 0.2) is 23.2 Å². The van der Waals surface area contributed by atoms with E-state index in [0.717, 1.165) is 88.0 Å². The number of nitrogens with two attached hydrogens (primary N) is 1. The molecule has 34 heavy (non-hydrogen) atoms. The summed E-state index contributed by atoms with van der Waals surface area (Å²) in [5.41, 5.74) is 10.2. The standard InChI is InChI=1S/C26H37N5O2S/c1-17-12-20-14-23(30-24(20)22(13-17)28-15-18-5-10-33-11-6-18)26-29-21(16-34-26)4-9-31-7-2-19(3-8-31)25(27)32/h12-14,18-19,21,28,30H,2-11,15-16H2,1H3,(H2,27,32)/t21-/m0/s1. The lowest BCUT2D eigenvalue weighted by Crippen LogP contribution is -2.39. The van der Waals surface area contributed by atoms with Crippen molar-refractivity contribution in [3.8, 4) is 0 Å². The predicted molar refractivity (Wildman–Crippen MR) is 141 cm³/mol. The normalized spacial score (nSPS) is 22.9. The number of aliphatic imine (C=N–C) groups is 1. The van der Waals surface area contributed by atoms with Gasteiger partial charge in [-0.05, 0) is 81.8 Å². The molecular formula is C26H37N5O2S. The van der Waals surface area contributed by atoms with Gasteiger partial charge in [-0.15, -0.1) is 11.8 Å². The number of aryl methyl sites for hydroxylation is 1. The number of benzene rings is 1. The van der Waals surface area contributed by atoms with Crippen LogP contribution in [0.4, 0.5) is 5.69 Å². The number of hydrogen-bond donors (Lipinski definition) is 3. The van der Waals surface area contributed by atoms with E-state index in [2.05, 4.69) is 40.3 Å². The molecule has 4 N–H and O–H groups in total. The molecule has 3 aliphatic rings. The average Bonchev–Trinajstić information content (AvgIpc) is 3.49. The number of ether oxygens (including phenoxy) is 1. The van der Waals surface area contributed by atoms with Crippen LogP contribution in [-0.4, -0.2) is 72.0 Å². The van der Waals surface area contributed by atoms with Crippen molar-refractivity contribution in [2.75, 3.05) is 50.5 Å². The number of piperidine rings is 1. The van der Waals surface area contributed by atoms with Crippen molar-refractivity contribution in [1.29, 1.82) is 0 Å². The minimum absolute atomic E-state index is 0.0598. The highest BCUT2D eigenvalue weighted by Gasteiger charge is 2.25. The Labute approximate surface area is 206 Å². The number of rotatable bonds is 8. The lowest BCUT2D eigenvalue weighted by molar-refractivity contribution is -0.123. The second kappa shape index (κ2) is 10.7. The van der Waals surface area contributed by atoms with E-state index < -0.39 is 0 Å². The van der Waals surface area contributed by atoms with Gasteiger partial charge in [0, 0.05) is 43.4 Å². The van der Waals surface area contributed by atoms with Crippen molar-refractivity contribution in [2.24, 2.45) is 22.6 Å². The first-order chi connectivity index (χ1) is 16.5. The van der Waals surface area contributed by atoms with Crippen LogP contribution in [0.5, 0.6) is 0 Å². The number of likely N-dealkylation sites (tertiary alicyclic amines) is 1. The fourth-order valence-corrected chi connectivity index (χ4v) is 6.42. The van der Waals surface area contributed by atoms with E-state index in [4.69, 9.17) is 15.5 Å². The quantitative estimate of drug-likeness (QED) is 0.531. The summed E-state index contributed by atoms with van der Waals surface area (Å²) in [6.45, 7) is 7.89. The van der Waals surface area contributed by atoms with E-state index >= 15 is 0 Å². The van der Waals surface area contributed by atoms with Crippen LogP contribution in [0.25, 0.3) is 10.9 Å². The summed E-state index contributed by atoms with van der Waals surface area (Å²) in [6.07, 6.45) is 5.12. The molecule has 4 heterocycles. The summed E-state index contributed by atoms with van der Waals surface area (Å²) < 4.78 is 5.51. The first kappa shape index (κ1) is 23.7. The molecule has 2 saturated heterocycles. The van der Waals surface area contributed by atoms with Crippen molar-refractivity contribution < 1.29 is 9.53 Å². The number of aromatic nitrogens is 1. The number of carbonyl (C=O) groups is 1. The van der Waals surface area contributed by atoms with E-state index in [9.17, 15) is 4.79 Å². The second-order valence-corrected chi connectivity index (χ2v) is 11.1. The van der Waals surface area contributed by atoms with Gasteiger partial charge in [-0.25, -0.2) is 0 Å². The van der Waals surface area contributed by atoms with Crippen molar-refractivity contribution in [2.45, 2.75) is 45.1 Å². The Morgan fingerprint density at radius 2 is 2.03 bits per heavy atom. The van der Waals surface area contributed by atoms with Crippen LogP contribution in [0, 0.1) is 18.8 Å². The van der Waals surface area contributed by atoms with Gasteiger partial charge in [-0.1, -0.05) is 0 Å². The van der Waals surface area contributed by atoms with E-state index in [0.29, 0.717) is 12.0 Å². The maximum atomic E-state index is 11.4. The Bertz CT molecular complexity index is 1040. The minimum Gasteiger partial charge on any atom is -0.383 e. The van der Waals surface area contributed by atoms with E-state index in [-0.39, 0.29) is 11.8 Å². The Kier molecular flexibility index (Phi) is 7.46. The fourth-order valence-electron chi connectivity index (χ4n) is 5.34. The zero-order chi connectivity index (χ0) is 23.5. The molecule has 7 nitrogen and oxygen atoms in total. The molecule has 1 aromatic heterocycles. The molecule has 0 bridgehead atoms. The monoisotopic (exact) mass is 483 g/mol. The van der Waals surface area contributed by atoms with Gasteiger partial charge in [0.1, 0.15) is 5.04 Å². The number of nitrogens with one attached hydrogen (secondary N) is 2.